The molecule has 0 spiro atoms. The number of carbonyl (C=O) groups excluding carboxylic acids is 2. The van der Waals surface area contributed by atoms with Gasteiger partial charge in [-0.1, -0.05) is 0 Å². The van der Waals surface area contributed by atoms with Gasteiger partial charge in [-0.15, -0.1) is 0 Å². The van der Waals surface area contributed by atoms with Crippen LogP contribution < -0.4 is 5.43 Å². The summed E-state index contributed by atoms with van der Waals surface area (Å²) in [6, 6.07) is 3.20. The Morgan fingerprint density at radius 2 is 1.85 bits per heavy atom. The lowest BCUT2D eigenvalue weighted by Crippen LogP contribution is -2.32. The van der Waals surface area contributed by atoms with Crippen LogP contribution in [0.25, 0.3) is 0 Å². The molecule has 1 aromatic heterocycles. The first-order valence-electron chi connectivity index (χ1n) is 6.59. The molecule has 1 heterocycles. The molecule has 0 atom stereocenters. The van der Waals surface area contributed by atoms with Crippen LogP contribution in [0.15, 0.2) is 29.6 Å². The van der Waals surface area contributed by atoms with Gasteiger partial charge in [0, 0.05) is 36.8 Å². The molecule has 0 unspecified atom stereocenters. The Balaban J connectivity index is 2.54. The Hall–Kier alpha value is -2.24. The van der Waals surface area contributed by atoms with E-state index < -0.39 is 0 Å². The highest BCUT2D eigenvalue weighted by atomic mass is 16.2. The number of nitrogens with zero attached hydrogens (tertiary/aromatic N) is 3. The summed E-state index contributed by atoms with van der Waals surface area (Å²) in [7, 11) is 0. The Morgan fingerprint density at radius 3 is 2.40 bits per heavy atom. The molecule has 0 aromatic carbocycles. The predicted octanol–water partition coefficient (Wildman–Crippen LogP) is 1.45. The first-order chi connectivity index (χ1) is 9.58. The Morgan fingerprint density at radius 1 is 1.25 bits per heavy atom. The van der Waals surface area contributed by atoms with Crippen LogP contribution in [0, 0.1) is 0 Å². The molecule has 0 fully saturated rings. The number of pyridine rings is 1. The molecule has 20 heavy (non-hydrogen) atoms. The molecule has 1 aromatic rings. The van der Waals surface area contributed by atoms with Gasteiger partial charge in [-0.2, -0.15) is 5.10 Å². The number of hydrogen-bond acceptors (Lipinski definition) is 4. The summed E-state index contributed by atoms with van der Waals surface area (Å²) in [5, 5.41) is 3.94. The SMILES string of the molecule is CCN(CC)C(=O)C/C(C)=N/NC(=O)c1ccncc1. The first-order valence-corrected chi connectivity index (χ1v) is 6.59. The summed E-state index contributed by atoms with van der Waals surface area (Å²) >= 11 is 0. The van der Waals surface area contributed by atoms with Gasteiger partial charge >= 0.3 is 0 Å². The van der Waals surface area contributed by atoms with Gasteiger partial charge in [0.25, 0.3) is 5.91 Å². The lowest BCUT2D eigenvalue weighted by atomic mass is 10.2. The number of amides is 2. The summed E-state index contributed by atoms with van der Waals surface area (Å²) in [6.07, 6.45) is 3.28. The van der Waals surface area contributed by atoms with Crippen LogP contribution in [0.1, 0.15) is 37.6 Å². The topological polar surface area (TPSA) is 74.7 Å². The van der Waals surface area contributed by atoms with Crippen molar-refractivity contribution in [3.05, 3.63) is 30.1 Å². The third-order valence-corrected chi connectivity index (χ3v) is 2.81. The van der Waals surface area contributed by atoms with Gasteiger partial charge in [-0.3, -0.25) is 14.6 Å². The Kier molecular flexibility index (Phi) is 6.36. The number of nitrogens with one attached hydrogen (secondary N) is 1. The van der Waals surface area contributed by atoms with Crippen LogP contribution in [0.5, 0.6) is 0 Å². The molecule has 0 saturated heterocycles. The second kappa shape index (κ2) is 8.04. The zero-order valence-corrected chi connectivity index (χ0v) is 12.1. The van der Waals surface area contributed by atoms with Crippen LogP contribution in [0.2, 0.25) is 0 Å². The third kappa shape index (κ3) is 4.79. The average Bonchev–Trinajstić information content (AvgIpc) is 2.47. The minimum atomic E-state index is -0.318. The molecule has 0 radical (unpaired) electrons. The monoisotopic (exact) mass is 276 g/mol. The number of aromatic nitrogens is 1. The van der Waals surface area contributed by atoms with E-state index in [0.29, 0.717) is 24.4 Å². The number of carbonyl (C=O) groups is 2. The van der Waals surface area contributed by atoms with Gasteiger partial charge < -0.3 is 4.90 Å². The van der Waals surface area contributed by atoms with E-state index in [1.807, 2.05) is 13.8 Å². The van der Waals surface area contributed by atoms with Crippen molar-refractivity contribution < 1.29 is 9.59 Å². The van der Waals surface area contributed by atoms with Gasteiger partial charge in [-0.25, -0.2) is 5.43 Å². The van der Waals surface area contributed by atoms with Crippen molar-refractivity contribution in [3.8, 4) is 0 Å². The van der Waals surface area contributed by atoms with E-state index in [2.05, 4.69) is 15.5 Å². The Bertz CT molecular complexity index is 481. The molecular formula is C14H20N4O2. The van der Waals surface area contributed by atoms with Crippen LogP contribution >= 0.6 is 0 Å². The van der Waals surface area contributed by atoms with Crippen molar-refractivity contribution in [3.63, 3.8) is 0 Å². The normalized spacial score (nSPS) is 11.1. The molecule has 2 amide bonds. The standard InChI is InChI=1S/C14H20N4O2/c1-4-18(5-2)13(19)10-11(3)16-17-14(20)12-6-8-15-9-7-12/h6-9H,4-5,10H2,1-3H3,(H,17,20)/b16-11+. The molecule has 0 bridgehead atoms. The summed E-state index contributed by atoms with van der Waals surface area (Å²) < 4.78 is 0. The molecule has 0 aliphatic heterocycles. The minimum Gasteiger partial charge on any atom is -0.343 e. The van der Waals surface area contributed by atoms with Crippen molar-refractivity contribution in [1.29, 1.82) is 0 Å². The molecule has 0 aliphatic rings. The fraction of sp³-hybridized carbons (Fsp3) is 0.429. The van der Waals surface area contributed by atoms with E-state index in [9.17, 15) is 9.59 Å². The van der Waals surface area contributed by atoms with Gasteiger partial charge in [0.15, 0.2) is 0 Å². The second-order valence-corrected chi connectivity index (χ2v) is 4.27. The maximum atomic E-state index is 11.9. The van der Waals surface area contributed by atoms with Crippen LogP contribution in [-0.4, -0.2) is 40.5 Å². The maximum absolute atomic E-state index is 11.9. The molecular weight excluding hydrogens is 256 g/mol. The molecule has 1 N–H and O–H groups in total. The fourth-order valence-electron chi connectivity index (χ4n) is 1.66. The molecule has 1 rings (SSSR count). The van der Waals surface area contributed by atoms with Crippen molar-refractivity contribution >= 4 is 17.5 Å². The van der Waals surface area contributed by atoms with Crippen molar-refractivity contribution in [2.75, 3.05) is 13.1 Å². The number of hydrazone groups is 1. The molecule has 6 heteroatoms. The fourth-order valence-corrected chi connectivity index (χ4v) is 1.66. The molecule has 0 saturated carbocycles. The first kappa shape index (κ1) is 15.8. The van der Waals surface area contributed by atoms with E-state index >= 15 is 0 Å². The minimum absolute atomic E-state index is 0.00871. The average molecular weight is 276 g/mol. The van der Waals surface area contributed by atoms with E-state index in [1.165, 1.54) is 12.4 Å². The largest absolute Gasteiger partial charge is 0.343 e. The highest BCUT2D eigenvalue weighted by molar-refractivity contribution is 6.01. The quantitative estimate of drug-likeness (QED) is 0.631. The van der Waals surface area contributed by atoms with Gasteiger partial charge in [0.1, 0.15) is 0 Å². The van der Waals surface area contributed by atoms with Crippen LogP contribution in [0.4, 0.5) is 0 Å². The van der Waals surface area contributed by atoms with E-state index in [4.69, 9.17) is 0 Å². The second-order valence-electron chi connectivity index (χ2n) is 4.27. The highest BCUT2D eigenvalue weighted by Gasteiger charge is 2.11. The Labute approximate surface area is 118 Å². The molecule has 6 nitrogen and oxygen atoms in total. The lowest BCUT2D eigenvalue weighted by molar-refractivity contribution is -0.129. The van der Waals surface area contributed by atoms with Crippen molar-refractivity contribution in [2.24, 2.45) is 5.10 Å². The molecule has 0 aliphatic carbocycles. The maximum Gasteiger partial charge on any atom is 0.271 e. The summed E-state index contributed by atoms with van der Waals surface area (Å²) in [4.78, 5) is 29.2. The van der Waals surface area contributed by atoms with Crippen LogP contribution in [0.3, 0.4) is 0 Å². The zero-order valence-electron chi connectivity index (χ0n) is 12.1. The predicted molar refractivity (Wildman–Crippen MR) is 77.4 cm³/mol. The van der Waals surface area contributed by atoms with E-state index in [-0.39, 0.29) is 18.2 Å². The van der Waals surface area contributed by atoms with Gasteiger partial charge in [-0.05, 0) is 32.9 Å². The number of hydrogen-bond donors (Lipinski definition) is 1. The van der Waals surface area contributed by atoms with Gasteiger partial charge in [0.05, 0.1) is 6.42 Å². The van der Waals surface area contributed by atoms with Crippen LogP contribution in [-0.2, 0) is 4.79 Å². The summed E-state index contributed by atoms with van der Waals surface area (Å²) in [5.41, 5.74) is 3.48. The smallest absolute Gasteiger partial charge is 0.271 e. The number of rotatable bonds is 6. The third-order valence-electron chi connectivity index (χ3n) is 2.81. The highest BCUT2D eigenvalue weighted by Crippen LogP contribution is 1.98. The van der Waals surface area contributed by atoms with E-state index in [1.54, 1.807) is 24.0 Å². The summed E-state index contributed by atoms with van der Waals surface area (Å²) in [6.45, 7) is 6.92. The van der Waals surface area contributed by atoms with Gasteiger partial charge in [0.2, 0.25) is 5.91 Å². The zero-order chi connectivity index (χ0) is 15.0. The van der Waals surface area contributed by atoms with Crippen molar-refractivity contribution in [2.45, 2.75) is 27.2 Å². The summed E-state index contributed by atoms with van der Waals surface area (Å²) in [5.74, 6) is -0.309. The van der Waals surface area contributed by atoms with Crippen molar-refractivity contribution in [1.82, 2.24) is 15.3 Å². The lowest BCUT2D eigenvalue weighted by Gasteiger charge is -2.18. The van der Waals surface area contributed by atoms with E-state index in [0.717, 1.165) is 0 Å². The molecule has 108 valence electrons.